The van der Waals surface area contributed by atoms with Gasteiger partial charge in [0, 0.05) is 37.0 Å². The molecule has 0 aliphatic rings. The van der Waals surface area contributed by atoms with Crippen molar-refractivity contribution in [1.82, 2.24) is 20.8 Å². The number of anilines is 1. The molecule has 3 aromatic carbocycles. The number of hydrazine groups is 1. The van der Waals surface area contributed by atoms with E-state index in [0.29, 0.717) is 17.0 Å². The van der Waals surface area contributed by atoms with Crippen LogP contribution in [0.15, 0.2) is 71.9 Å². The van der Waals surface area contributed by atoms with Gasteiger partial charge in [0.2, 0.25) is 0 Å². The van der Waals surface area contributed by atoms with Crippen molar-refractivity contribution in [2.24, 2.45) is 0 Å². The Morgan fingerprint density at radius 2 is 1.66 bits per heavy atom. The minimum atomic E-state index is -0.661. The number of nitrogens with one attached hydrogen (secondary N) is 3. The lowest BCUT2D eigenvalue weighted by Crippen LogP contribution is -2.41. The first-order chi connectivity index (χ1) is 16.8. The van der Waals surface area contributed by atoms with E-state index in [2.05, 4.69) is 20.8 Å². The quantitative estimate of drug-likeness (QED) is 0.203. The molecule has 0 atom stereocenters. The molecular weight excluding hydrogens is 468 g/mol. The number of H-pyrrole nitrogens is 1. The number of para-hydroxylation sites is 2. The van der Waals surface area contributed by atoms with E-state index >= 15 is 0 Å². The van der Waals surface area contributed by atoms with Gasteiger partial charge in [-0.25, -0.2) is 4.98 Å². The van der Waals surface area contributed by atoms with Crippen LogP contribution in [-0.2, 0) is 5.75 Å². The van der Waals surface area contributed by atoms with E-state index in [-0.39, 0.29) is 11.3 Å². The Kier molecular flexibility index (Phi) is 6.97. The number of aromatic nitrogens is 2. The number of amides is 2. The van der Waals surface area contributed by atoms with Gasteiger partial charge in [-0.1, -0.05) is 36.0 Å². The van der Waals surface area contributed by atoms with Gasteiger partial charge in [0.25, 0.3) is 17.5 Å². The van der Waals surface area contributed by atoms with Crippen molar-refractivity contribution in [2.45, 2.75) is 10.9 Å². The molecule has 0 saturated heterocycles. The van der Waals surface area contributed by atoms with Gasteiger partial charge in [-0.3, -0.25) is 30.6 Å². The number of rotatable bonds is 7. The summed E-state index contributed by atoms with van der Waals surface area (Å²) >= 11 is 1.56. The molecule has 1 heterocycles. The summed E-state index contributed by atoms with van der Waals surface area (Å²) in [6.07, 6.45) is 0. The van der Waals surface area contributed by atoms with Gasteiger partial charge < -0.3 is 9.88 Å². The third-order valence-corrected chi connectivity index (χ3v) is 6.11. The summed E-state index contributed by atoms with van der Waals surface area (Å²) in [5.74, 6) is -0.500. The van der Waals surface area contributed by atoms with E-state index in [9.17, 15) is 19.7 Å². The van der Waals surface area contributed by atoms with Crippen LogP contribution in [0.4, 0.5) is 11.4 Å². The predicted octanol–water partition coefficient (Wildman–Crippen LogP) is 3.90. The fourth-order valence-corrected chi connectivity index (χ4v) is 4.19. The zero-order valence-electron chi connectivity index (χ0n) is 18.9. The lowest BCUT2D eigenvalue weighted by Gasteiger charge is -2.13. The third-order valence-electron chi connectivity index (χ3n) is 5.16. The highest BCUT2D eigenvalue weighted by molar-refractivity contribution is 7.98. The Balaban J connectivity index is 1.33. The lowest BCUT2D eigenvalue weighted by atomic mass is 10.1. The molecule has 4 rings (SSSR count). The zero-order chi connectivity index (χ0) is 24.9. The van der Waals surface area contributed by atoms with Gasteiger partial charge in [-0.15, -0.1) is 0 Å². The summed E-state index contributed by atoms with van der Waals surface area (Å²) in [4.78, 5) is 45.0. The van der Waals surface area contributed by atoms with Crippen molar-refractivity contribution in [1.29, 1.82) is 0 Å². The number of fused-ring (bicyclic) bond motifs is 1. The molecule has 2 amide bonds. The molecule has 0 unspecified atom stereocenters. The maximum absolute atomic E-state index is 12.4. The molecule has 3 N–H and O–H groups in total. The third kappa shape index (κ3) is 5.58. The Morgan fingerprint density at radius 3 is 2.31 bits per heavy atom. The molecule has 0 spiro atoms. The van der Waals surface area contributed by atoms with Gasteiger partial charge in [-0.2, -0.15) is 0 Å². The van der Waals surface area contributed by atoms with E-state index < -0.39 is 16.7 Å². The van der Waals surface area contributed by atoms with Crippen LogP contribution in [0.5, 0.6) is 0 Å². The standard InChI is InChI=1S/C24H22N6O4S/c1-29(2)20-12-11-17(13-21(20)30(33)34)23(32)28-27-22(31)16-9-7-15(8-10-16)14-35-24-25-18-5-3-4-6-19(18)26-24/h3-13H,14H2,1-2H3,(H,25,26)(H,27,31)(H,28,32). The maximum Gasteiger partial charge on any atom is 0.293 e. The van der Waals surface area contributed by atoms with Crippen LogP contribution in [0.25, 0.3) is 11.0 Å². The second kappa shape index (κ2) is 10.3. The van der Waals surface area contributed by atoms with Gasteiger partial charge in [0.05, 0.1) is 16.0 Å². The van der Waals surface area contributed by atoms with E-state index in [1.807, 2.05) is 36.4 Å². The van der Waals surface area contributed by atoms with Crippen LogP contribution in [-0.4, -0.2) is 40.8 Å². The summed E-state index contributed by atoms with van der Waals surface area (Å²) in [6, 6.07) is 18.9. The second-order valence-electron chi connectivity index (χ2n) is 7.81. The van der Waals surface area contributed by atoms with Crippen molar-refractivity contribution in [3.63, 3.8) is 0 Å². The molecule has 178 valence electrons. The summed E-state index contributed by atoms with van der Waals surface area (Å²) in [6.45, 7) is 0. The smallest absolute Gasteiger partial charge is 0.293 e. The molecule has 35 heavy (non-hydrogen) atoms. The number of thioether (sulfide) groups is 1. The molecule has 1 aromatic heterocycles. The number of nitro groups is 1. The summed E-state index contributed by atoms with van der Waals surface area (Å²) < 4.78 is 0. The number of benzene rings is 3. The maximum atomic E-state index is 12.4. The minimum Gasteiger partial charge on any atom is -0.372 e. The summed E-state index contributed by atoms with van der Waals surface area (Å²) in [5.41, 5.74) is 8.10. The van der Waals surface area contributed by atoms with E-state index in [4.69, 9.17) is 0 Å². The highest BCUT2D eigenvalue weighted by atomic mass is 32.2. The average molecular weight is 491 g/mol. The molecule has 10 nitrogen and oxygen atoms in total. The normalized spacial score (nSPS) is 10.7. The second-order valence-corrected chi connectivity index (χ2v) is 8.77. The minimum absolute atomic E-state index is 0.0561. The highest BCUT2D eigenvalue weighted by Gasteiger charge is 2.19. The van der Waals surface area contributed by atoms with Gasteiger partial charge >= 0.3 is 0 Å². The molecule has 0 aliphatic carbocycles. The Morgan fingerprint density at radius 1 is 1.00 bits per heavy atom. The first-order valence-corrected chi connectivity index (χ1v) is 11.5. The number of hydrogen-bond donors (Lipinski definition) is 3. The fourth-order valence-electron chi connectivity index (χ4n) is 3.35. The van der Waals surface area contributed by atoms with Crippen LogP contribution >= 0.6 is 11.8 Å². The van der Waals surface area contributed by atoms with Gasteiger partial charge in [0.15, 0.2) is 5.16 Å². The Bertz CT molecular complexity index is 1370. The zero-order valence-corrected chi connectivity index (χ0v) is 19.8. The first kappa shape index (κ1) is 23.8. The van der Waals surface area contributed by atoms with Gasteiger partial charge in [-0.05, 0) is 42.0 Å². The lowest BCUT2D eigenvalue weighted by molar-refractivity contribution is -0.384. The number of nitro benzene ring substituents is 1. The van der Waals surface area contributed by atoms with Crippen molar-refractivity contribution in [3.05, 3.63) is 93.5 Å². The van der Waals surface area contributed by atoms with Gasteiger partial charge in [0.1, 0.15) is 5.69 Å². The van der Waals surface area contributed by atoms with Crippen LogP contribution in [0.1, 0.15) is 26.3 Å². The van der Waals surface area contributed by atoms with E-state index in [0.717, 1.165) is 21.8 Å². The Hall–Kier alpha value is -4.38. The molecule has 0 saturated carbocycles. The molecule has 4 aromatic rings. The first-order valence-electron chi connectivity index (χ1n) is 10.5. The Labute approximate surface area is 204 Å². The number of aromatic amines is 1. The largest absolute Gasteiger partial charge is 0.372 e. The average Bonchev–Trinajstić information content (AvgIpc) is 3.28. The summed E-state index contributed by atoms with van der Waals surface area (Å²) in [7, 11) is 3.34. The van der Waals surface area contributed by atoms with Crippen LogP contribution < -0.4 is 15.8 Å². The van der Waals surface area contributed by atoms with Crippen LogP contribution in [0.2, 0.25) is 0 Å². The van der Waals surface area contributed by atoms with E-state index in [1.165, 1.54) is 18.2 Å². The molecule has 0 bridgehead atoms. The molecule has 0 fully saturated rings. The van der Waals surface area contributed by atoms with Crippen LogP contribution in [0.3, 0.4) is 0 Å². The number of carbonyl (C=O) groups is 2. The SMILES string of the molecule is CN(C)c1ccc(C(=O)NNC(=O)c2ccc(CSc3nc4ccccc4[nH]3)cc2)cc1[N+](=O)[O-]. The van der Waals surface area contributed by atoms with Crippen molar-refractivity contribution in [2.75, 3.05) is 19.0 Å². The van der Waals surface area contributed by atoms with Crippen molar-refractivity contribution < 1.29 is 14.5 Å². The molecule has 0 aliphatic heterocycles. The number of imidazole rings is 1. The monoisotopic (exact) mass is 490 g/mol. The molecule has 11 heteroatoms. The molecule has 0 radical (unpaired) electrons. The van der Waals surface area contributed by atoms with Crippen molar-refractivity contribution in [3.8, 4) is 0 Å². The number of hydrogen-bond acceptors (Lipinski definition) is 7. The van der Waals surface area contributed by atoms with Crippen LogP contribution in [0, 0.1) is 10.1 Å². The van der Waals surface area contributed by atoms with E-state index in [1.54, 1.807) is 42.9 Å². The number of nitrogens with zero attached hydrogens (tertiary/aromatic N) is 3. The summed E-state index contributed by atoms with van der Waals surface area (Å²) in [5, 5.41) is 12.1. The molecular formula is C24H22N6O4S. The topological polar surface area (TPSA) is 133 Å². The predicted molar refractivity (Wildman–Crippen MR) is 134 cm³/mol. The van der Waals surface area contributed by atoms with Crippen molar-refractivity contribution >= 4 is 46.0 Å². The highest BCUT2D eigenvalue weighted by Crippen LogP contribution is 2.27. The number of carbonyl (C=O) groups excluding carboxylic acids is 2. The fraction of sp³-hybridized carbons (Fsp3) is 0.125.